The molecule has 0 saturated carbocycles. The van der Waals surface area contributed by atoms with Gasteiger partial charge in [0.05, 0.1) is 29.4 Å². The number of benzene rings is 3. The quantitative estimate of drug-likeness (QED) is 0.339. The molecule has 1 N–H and O–H groups in total. The van der Waals surface area contributed by atoms with Crippen LogP contribution in [0, 0.1) is 0 Å². The van der Waals surface area contributed by atoms with Crippen LogP contribution in [-0.4, -0.2) is 20.6 Å². The van der Waals surface area contributed by atoms with Crippen molar-refractivity contribution < 1.29 is 13.2 Å². The maximum absolute atomic E-state index is 12.8. The molecule has 0 unspecified atom stereocenters. The smallest absolute Gasteiger partial charge is 0.261 e. The fraction of sp³-hybridized carbons (Fsp3) is 0.160. The highest BCUT2D eigenvalue weighted by molar-refractivity contribution is 7.92. The molecule has 0 spiro atoms. The summed E-state index contributed by atoms with van der Waals surface area (Å²) in [5.74, 6) is -0.157. The molecule has 33 heavy (non-hydrogen) atoms. The molecule has 0 aliphatic rings. The number of nitrogens with one attached hydrogen (secondary N) is 1. The van der Waals surface area contributed by atoms with E-state index in [9.17, 15) is 13.2 Å². The number of amides is 1. The number of anilines is 1. The molecule has 5 nitrogen and oxygen atoms in total. The Morgan fingerprint density at radius 1 is 1.03 bits per heavy atom. The van der Waals surface area contributed by atoms with Crippen LogP contribution in [0.5, 0.6) is 0 Å². The Morgan fingerprint density at radius 2 is 1.73 bits per heavy atom. The average molecular weight is 499 g/mol. The van der Waals surface area contributed by atoms with E-state index in [-0.39, 0.29) is 18.5 Å². The van der Waals surface area contributed by atoms with E-state index in [1.165, 1.54) is 21.9 Å². The number of carbonyl (C=O) groups is 1. The Morgan fingerprint density at radius 3 is 2.39 bits per heavy atom. The molecule has 1 aromatic heterocycles. The minimum Gasteiger partial charge on any atom is -0.345 e. The summed E-state index contributed by atoms with van der Waals surface area (Å²) in [4.78, 5) is 13.4. The van der Waals surface area contributed by atoms with Gasteiger partial charge < -0.3 is 5.32 Å². The van der Waals surface area contributed by atoms with Crippen LogP contribution in [0.25, 0.3) is 10.1 Å². The second kappa shape index (κ2) is 9.55. The molecule has 3 aromatic carbocycles. The lowest BCUT2D eigenvalue weighted by Crippen LogP contribution is -2.29. The summed E-state index contributed by atoms with van der Waals surface area (Å²) in [5, 5.41) is 4.44. The minimum absolute atomic E-state index is 0.125. The molecule has 4 aromatic rings. The van der Waals surface area contributed by atoms with Crippen molar-refractivity contribution in [2.24, 2.45) is 0 Å². The molecule has 8 heteroatoms. The lowest BCUT2D eigenvalue weighted by molar-refractivity contribution is 0.0944. The first-order chi connectivity index (χ1) is 15.7. The number of hydrogen-bond acceptors (Lipinski definition) is 4. The Hall–Kier alpha value is -2.87. The van der Waals surface area contributed by atoms with Gasteiger partial charge in [0.1, 0.15) is 0 Å². The van der Waals surface area contributed by atoms with Gasteiger partial charge in [-0.3, -0.25) is 9.10 Å². The number of fused-ring (bicyclic) bond motifs is 1. The van der Waals surface area contributed by atoms with E-state index < -0.39 is 10.0 Å². The summed E-state index contributed by atoms with van der Waals surface area (Å²) in [7, 11) is -3.53. The second-order valence-corrected chi connectivity index (χ2v) is 11.3. The zero-order valence-electron chi connectivity index (χ0n) is 18.2. The summed E-state index contributed by atoms with van der Waals surface area (Å²) in [5.41, 5.74) is 2.40. The summed E-state index contributed by atoms with van der Waals surface area (Å²) in [6, 6.07) is 24.0. The highest BCUT2D eigenvalue weighted by Crippen LogP contribution is 2.31. The van der Waals surface area contributed by atoms with E-state index in [1.807, 2.05) is 43.3 Å². The average Bonchev–Trinajstić information content (AvgIpc) is 3.22. The van der Waals surface area contributed by atoms with E-state index in [1.54, 1.807) is 42.5 Å². The molecular formula is C25H23ClN2O3S2. The highest BCUT2D eigenvalue weighted by atomic mass is 35.5. The van der Waals surface area contributed by atoms with Gasteiger partial charge in [-0.15, -0.1) is 11.3 Å². The molecule has 170 valence electrons. The SMILES string of the molecule is C[C@H](NC(=O)c1cc2cc(N(Cc3ccc(Cl)cc3)S(C)(=O)=O)ccc2s1)c1ccccc1. The van der Waals surface area contributed by atoms with Crippen LogP contribution in [0.15, 0.2) is 78.9 Å². The van der Waals surface area contributed by atoms with Crippen LogP contribution in [0.4, 0.5) is 5.69 Å². The first kappa shape index (κ1) is 23.3. The van der Waals surface area contributed by atoms with Gasteiger partial charge in [0.15, 0.2) is 0 Å². The van der Waals surface area contributed by atoms with Crippen molar-refractivity contribution in [1.82, 2.24) is 5.32 Å². The summed E-state index contributed by atoms with van der Waals surface area (Å²) in [6.07, 6.45) is 1.19. The second-order valence-electron chi connectivity index (χ2n) is 7.83. The zero-order valence-corrected chi connectivity index (χ0v) is 20.5. The monoisotopic (exact) mass is 498 g/mol. The van der Waals surface area contributed by atoms with Crippen molar-refractivity contribution in [2.75, 3.05) is 10.6 Å². The van der Waals surface area contributed by atoms with Crippen molar-refractivity contribution in [2.45, 2.75) is 19.5 Å². The first-order valence-corrected chi connectivity index (χ1v) is 13.4. The van der Waals surface area contributed by atoms with Crippen LogP contribution in [0.1, 0.15) is 33.8 Å². The molecule has 1 amide bonds. The fourth-order valence-electron chi connectivity index (χ4n) is 3.55. The number of carbonyl (C=O) groups excluding carboxylic acids is 1. The third kappa shape index (κ3) is 5.55. The summed E-state index contributed by atoms with van der Waals surface area (Å²) < 4.78 is 27.4. The van der Waals surface area contributed by atoms with Gasteiger partial charge in [-0.05, 0) is 59.8 Å². The van der Waals surface area contributed by atoms with Gasteiger partial charge in [0.25, 0.3) is 5.91 Å². The number of nitrogens with zero attached hydrogens (tertiary/aromatic N) is 1. The Bertz CT molecular complexity index is 1380. The number of thiophene rings is 1. The van der Waals surface area contributed by atoms with Gasteiger partial charge in [-0.2, -0.15) is 0 Å². The van der Waals surface area contributed by atoms with Crippen molar-refractivity contribution in [3.05, 3.63) is 99.9 Å². The van der Waals surface area contributed by atoms with Crippen molar-refractivity contribution in [3.63, 3.8) is 0 Å². The standard InChI is InChI=1S/C25H23ClN2O3S2/c1-17(19-6-4-3-5-7-19)27-25(29)24-15-20-14-22(12-13-23(20)32-24)28(33(2,30)31)16-18-8-10-21(26)11-9-18/h3-15,17H,16H2,1-2H3,(H,27,29)/t17-/m0/s1. The van der Waals surface area contributed by atoms with Crippen LogP contribution >= 0.6 is 22.9 Å². The molecule has 0 aliphatic heterocycles. The topological polar surface area (TPSA) is 66.5 Å². The first-order valence-electron chi connectivity index (χ1n) is 10.3. The van der Waals surface area contributed by atoms with Crippen LogP contribution in [0.3, 0.4) is 0 Å². The molecule has 0 radical (unpaired) electrons. The van der Waals surface area contributed by atoms with Gasteiger partial charge >= 0.3 is 0 Å². The fourth-order valence-corrected chi connectivity index (χ4v) is 5.50. The number of rotatable bonds is 7. The summed E-state index contributed by atoms with van der Waals surface area (Å²) >= 11 is 7.33. The molecule has 0 fully saturated rings. The Balaban J connectivity index is 1.59. The number of sulfonamides is 1. The third-order valence-electron chi connectivity index (χ3n) is 5.30. The predicted octanol–water partition coefficient (Wildman–Crippen LogP) is 6.01. The van der Waals surface area contributed by atoms with Gasteiger partial charge in [0, 0.05) is 9.72 Å². The highest BCUT2D eigenvalue weighted by Gasteiger charge is 2.20. The van der Waals surface area contributed by atoms with Gasteiger partial charge in [0.2, 0.25) is 10.0 Å². The van der Waals surface area contributed by atoms with E-state index in [4.69, 9.17) is 11.6 Å². The van der Waals surface area contributed by atoms with E-state index in [0.717, 1.165) is 21.2 Å². The van der Waals surface area contributed by atoms with Crippen LogP contribution in [-0.2, 0) is 16.6 Å². The number of halogens is 1. The molecule has 0 aliphatic carbocycles. The predicted molar refractivity (Wildman–Crippen MR) is 137 cm³/mol. The summed E-state index contributed by atoms with van der Waals surface area (Å²) in [6.45, 7) is 2.13. The van der Waals surface area contributed by atoms with Crippen molar-refractivity contribution in [3.8, 4) is 0 Å². The molecule has 0 bridgehead atoms. The van der Waals surface area contributed by atoms with Crippen LogP contribution in [0.2, 0.25) is 5.02 Å². The van der Waals surface area contributed by atoms with Gasteiger partial charge in [-0.25, -0.2) is 8.42 Å². The zero-order chi connectivity index (χ0) is 23.6. The lowest BCUT2D eigenvalue weighted by Gasteiger charge is -2.22. The maximum Gasteiger partial charge on any atom is 0.261 e. The van der Waals surface area contributed by atoms with Crippen LogP contribution < -0.4 is 9.62 Å². The van der Waals surface area contributed by atoms with E-state index >= 15 is 0 Å². The third-order valence-corrected chi connectivity index (χ3v) is 7.81. The maximum atomic E-state index is 12.8. The van der Waals surface area contributed by atoms with Crippen molar-refractivity contribution >= 4 is 54.6 Å². The molecule has 4 rings (SSSR count). The van der Waals surface area contributed by atoms with Crippen molar-refractivity contribution in [1.29, 1.82) is 0 Å². The molecule has 1 atom stereocenters. The number of hydrogen-bond donors (Lipinski definition) is 1. The molecular weight excluding hydrogens is 476 g/mol. The minimum atomic E-state index is -3.53. The lowest BCUT2D eigenvalue weighted by atomic mass is 10.1. The Labute approximate surface area is 202 Å². The molecule has 1 heterocycles. The van der Waals surface area contributed by atoms with E-state index in [2.05, 4.69) is 5.32 Å². The normalized spacial score (nSPS) is 12.5. The Kier molecular flexibility index (Phi) is 6.74. The molecule has 0 saturated heterocycles. The van der Waals surface area contributed by atoms with E-state index in [0.29, 0.717) is 15.6 Å². The van der Waals surface area contributed by atoms with Gasteiger partial charge in [-0.1, -0.05) is 54.1 Å². The largest absolute Gasteiger partial charge is 0.345 e.